The van der Waals surface area contributed by atoms with Gasteiger partial charge in [0.05, 0.1) is 0 Å². The summed E-state index contributed by atoms with van der Waals surface area (Å²) in [6.45, 7) is 0. The topological polar surface area (TPSA) is 66.5 Å². The number of amides is 1. The van der Waals surface area contributed by atoms with E-state index in [0.717, 1.165) is 0 Å². The van der Waals surface area contributed by atoms with Crippen LogP contribution in [0.4, 0.5) is 5.69 Å². The van der Waals surface area contributed by atoms with Crippen molar-refractivity contribution in [1.29, 1.82) is 0 Å². The fourth-order valence-corrected chi connectivity index (χ4v) is 4.39. The molecule has 2 aromatic rings. The van der Waals surface area contributed by atoms with E-state index >= 15 is 0 Å². The van der Waals surface area contributed by atoms with Crippen molar-refractivity contribution in [3.8, 4) is 0 Å². The van der Waals surface area contributed by atoms with E-state index < -0.39 is 10.0 Å². The second-order valence-corrected chi connectivity index (χ2v) is 8.38. The van der Waals surface area contributed by atoms with Crippen LogP contribution >= 0.6 is 31.9 Å². The van der Waals surface area contributed by atoms with E-state index in [2.05, 4.69) is 36.6 Å². The Morgan fingerprint density at radius 1 is 1.04 bits per heavy atom. The molecule has 0 saturated carbocycles. The van der Waals surface area contributed by atoms with Gasteiger partial charge in [-0.1, -0.05) is 15.9 Å². The predicted molar refractivity (Wildman–Crippen MR) is 97.1 cm³/mol. The van der Waals surface area contributed by atoms with Gasteiger partial charge in [0.1, 0.15) is 4.90 Å². The van der Waals surface area contributed by atoms with Crippen LogP contribution in [0, 0.1) is 0 Å². The molecule has 0 spiro atoms. The van der Waals surface area contributed by atoms with E-state index in [1.54, 1.807) is 50.5 Å². The Morgan fingerprint density at radius 3 is 2.22 bits per heavy atom. The molecule has 0 radical (unpaired) electrons. The lowest BCUT2D eigenvalue weighted by molar-refractivity contribution is 0.0827. The fraction of sp³-hybridized carbons (Fsp3) is 0.133. The quantitative estimate of drug-likeness (QED) is 0.754. The van der Waals surface area contributed by atoms with Crippen molar-refractivity contribution in [3.05, 3.63) is 57.0 Å². The monoisotopic (exact) mass is 460 g/mol. The molecule has 0 heterocycles. The van der Waals surface area contributed by atoms with Crippen molar-refractivity contribution in [3.63, 3.8) is 0 Å². The maximum atomic E-state index is 12.5. The van der Waals surface area contributed by atoms with Gasteiger partial charge < -0.3 is 4.90 Å². The molecule has 0 aliphatic heterocycles. The minimum Gasteiger partial charge on any atom is -0.345 e. The van der Waals surface area contributed by atoms with Crippen molar-refractivity contribution in [2.24, 2.45) is 0 Å². The molecule has 2 aromatic carbocycles. The van der Waals surface area contributed by atoms with Crippen molar-refractivity contribution in [2.45, 2.75) is 4.90 Å². The Kier molecular flexibility index (Phi) is 5.49. The van der Waals surface area contributed by atoms with Crippen LogP contribution in [0.1, 0.15) is 10.4 Å². The summed E-state index contributed by atoms with van der Waals surface area (Å²) in [5.41, 5.74) is 0.869. The first kappa shape index (κ1) is 18.0. The summed E-state index contributed by atoms with van der Waals surface area (Å²) >= 11 is 6.49. The zero-order chi connectivity index (χ0) is 17.2. The molecule has 0 unspecified atom stereocenters. The lowest BCUT2D eigenvalue weighted by Crippen LogP contribution is -2.21. The molecule has 23 heavy (non-hydrogen) atoms. The predicted octanol–water partition coefficient (Wildman–Crippen LogP) is 3.71. The van der Waals surface area contributed by atoms with E-state index in [9.17, 15) is 13.2 Å². The van der Waals surface area contributed by atoms with Gasteiger partial charge in [-0.15, -0.1) is 0 Å². The average molecular weight is 462 g/mol. The Morgan fingerprint density at radius 2 is 1.65 bits per heavy atom. The van der Waals surface area contributed by atoms with E-state index in [4.69, 9.17) is 0 Å². The number of benzene rings is 2. The largest absolute Gasteiger partial charge is 0.345 e. The van der Waals surface area contributed by atoms with Gasteiger partial charge in [-0.05, 0) is 58.4 Å². The van der Waals surface area contributed by atoms with Crippen molar-refractivity contribution in [1.82, 2.24) is 4.90 Å². The number of anilines is 1. The standard InChI is InChI=1S/C15H14Br2N2O3S/c1-19(2)15(20)10-3-6-12(7-4-10)18-23(21,22)14-9-11(16)5-8-13(14)17/h3-9,18H,1-2H3. The third-order valence-corrected chi connectivity index (χ3v) is 5.84. The maximum absolute atomic E-state index is 12.5. The lowest BCUT2D eigenvalue weighted by atomic mass is 10.2. The van der Waals surface area contributed by atoms with Crippen molar-refractivity contribution in [2.75, 3.05) is 18.8 Å². The molecule has 5 nitrogen and oxygen atoms in total. The van der Waals surface area contributed by atoms with Gasteiger partial charge in [-0.2, -0.15) is 0 Å². The summed E-state index contributed by atoms with van der Waals surface area (Å²) in [6, 6.07) is 11.2. The molecule has 0 fully saturated rings. The van der Waals surface area contributed by atoms with Crippen LogP contribution < -0.4 is 4.72 Å². The van der Waals surface area contributed by atoms with Crippen LogP contribution in [-0.2, 0) is 10.0 Å². The van der Waals surface area contributed by atoms with Crippen LogP contribution in [0.25, 0.3) is 0 Å². The van der Waals surface area contributed by atoms with Crippen LogP contribution in [0.5, 0.6) is 0 Å². The zero-order valence-electron chi connectivity index (χ0n) is 12.4. The minimum atomic E-state index is -3.74. The molecule has 1 N–H and O–H groups in total. The number of hydrogen-bond donors (Lipinski definition) is 1. The molecule has 0 bridgehead atoms. The van der Waals surface area contributed by atoms with Crippen molar-refractivity contribution >= 4 is 53.5 Å². The van der Waals surface area contributed by atoms with E-state index in [0.29, 0.717) is 20.2 Å². The summed E-state index contributed by atoms with van der Waals surface area (Å²) in [7, 11) is -0.425. The molecule has 122 valence electrons. The Bertz CT molecular complexity index is 834. The first-order chi connectivity index (χ1) is 10.7. The van der Waals surface area contributed by atoms with Gasteiger partial charge >= 0.3 is 0 Å². The summed E-state index contributed by atoms with van der Waals surface area (Å²) < 4.78 is 28.5. The number of nitrogens with one attached hydrogen (secondary N) is 1. The Labute approximate surface area is 152 Å². The van der Waals surface area contributed by atoms with Gasteiger partial charge in [0, 0.05) is 34.3 Å². The molecule has 0 saturated heterocycles. The third-order valence-electron chi connectivity index (χ3n) is 2.97. The number of nitrogens with zero attached hydrogens (tertiary/aromatic N) is 1. The molecule has 0 atom stereocenters. The normalized spacial score (nSPS) is 11.1. The maximum Gasteiger partial charge on any atom is 0.263 e. The second kappa shape index (κ2) is 7.02. The van der Waals surface area contributed by atoms with Crippen LogP contribution in [0.3, 0.4) is 0 Å². The molecule has 0 aromatic heterocycles. The molecule has 0 aliphatic carbocycles. The first-order valence-electron chi connectivity index (χ1n) is 6.50. The number of carbonyl (C=O) groups excluding carboxylic acids is 1. The molecule has 2 rings (SSSR count). The second-order valence-electron chi connectivity index (χ2n) is 4.96. The third kappa shape index (κ3) is 4.33. The van der Waals surface area contributed by atoms with Gasteiger partial charge in [-0.3, -0.25) is 9.52 Å². The van der Waals surface area contributed by atoms with E-state index in [1.807, 2.05) is 0 Å². The van der Waals surface area contributed by atoms with Crippen molar-refractivity contribution < 1.29 is 13.2 Å². The molecule has 0 aliphatic rings. The van der Waals surface area contributed by atoms with Gasteiger partial charge in [-0.25, -0.2) is 8.42 Å². The SMILES string of the molecule is CN(C)C(=O)c1ccc(NS(=O)(=O)c2cc(Br)ccc2Br)cc1. The number of rotatable bonds is 4. The average Bonchev–Trinajstić information content (AvgIpc) is 2.49. The summed E-state index contributed by atoms with van der Waals surface area (Å²) in [5.74, 6) is -0.144. The lowest BCUT2D eigenvalue weighted by Gasteiger charge is -2.12. The molecule has 1 amide bonds. The highest BCUT2D eigenvalue weighted by atomic mass is 79.9. The highest BCUT2D eigenvalue weighted by Crippen LogP contribution is 2.27. The smallest absolute Gasteiger partial charge is 0.263 e. The minimum absolute atomic E-state index is 0.125. The zero-order valence-corrected chi connectivity index (χ0v) is 16.4. The van der Waals surface area contributed by atoms with Gasteiger partial charge in [0.25, 0.3) is 15.9 Å². The van der Waals surface area contributed by atoms with Crippen LogP contribution in [0.15, 0.2) is 56.3 Å². The number of carbonyl (C=O) groups is 1. The fourth-order valence-electron chi connectivity index (χ4n) is 1.83. The van der Waals surface area contributed by atoms with Gasteiger partial charge in [0.2, 0.25) is 0 Å². The summed E-state index contributed by atoms with van der Waals surface area (Å²) in [5, 5.41) is 0. The number of hydrogen-bond acceptors (Lipinski definition) is 3. The number of sulfonamides is 1. The molecular formula is C15H14Br2N2O3S. The highest BCUT2D eigenvalue weighted by Gasteiger charge is 2.18. The van der Waals surface area contributed by atoms with Crippen LogP contribution in [0.2, 0.25) is 0 Å². The first-order valence-corrected chi connectivity index (χ1v) is 9.57. The van der Waals surface area contributed by atoms with Crippen LogP contribution in [-0.4, -0.2) is 33.3 Å². The molecule has 8 heteroatoms. The summed E-state index contributed by atoms with van der Waals surface area (Å²) in [6.07, 6.45) is 0. The number of halogens is 2. The summed E-state index contributed by atoms with van der Waals surface area (Å²) in [4.78, 5) is 13.4. The molecular weight excluding hydrogens is 448 g/mol. The van der Waals surface area contributed by atoms with E-state index in [1.165, 1.54) is 11.0 Å². The Balaban J connectivity index is 2.27. The Hall–Kier alpha value is -1.38. The highest BCUT2D eigenvalue weighted by molar-refractivity contribution is 9.11. The van der Waals surface area contributed by atoms with E-state index in [-0.39, 0.29) is 10.8 Å². The van der Waals surface area contributed by atoms with Gasteiger partial charge in [0.15, 0.2) is 0 Å².